The Morgan fingerprint density at radius 2 is 1.53 bits per heavy atom. The van der Waals surface area contributed by atoms with Gasteiger partial charge in [-0.05, 0) is 51.3 Å². The van der Waals surface area contributed by atoms with Gasteiger partial charge < -0.3 is 5.11 Å². The highest BCUT2D eigenvalue weighted by molar-refractivity contribution is 5.30. The average Bonchev–Trinajstić information content (AvgIpc) is 2.65. The van der Waals surface area contributed by atoms with Crippen molar-refractivity contribution in [1.29, 1.82) is 0 Å². The van der Waals surface area contributed by atoms with Crippen molar-refractivity contribution in [3.05, 3.63) is 35.4 Å². The topological polar surface area (TPSA) is 32.3 Å². The second kappa shape index (κ2) is 5.29. The van der Waals surface area contributed by atoms with Gasteiger partial charge >= 0.3 is 0 Å². The SMILES string of the molecule is CNC(C)(C)O.c1ccc2c(c1)CCC2. The van der Waals surface area contributed by atoms with Crippen LogP contribution in [0.2, 0.25) is 0 Å². The number of rotatable bonds is 1. The molecule has 84 valence electrons. The molecule has 15 heavy (non-hydrogen) atoms. The molecule has 1 aromatic rings. The molecule has 0 spiro atoms. The minimum atomic E-state index is -0.708. The van der Waals surface area contributed by atoms with Crippen LogP contribution in [0.4, 0.5) is 0 Å². The molecule has 1 aromatic carbocycles. The van der Waals surface area contributed by atoms with Gasteiger partial charge in [0.15, 0.2) is 0 Å². The second-order valence-electron chi connectivity index (χ2n) is 4.43. The van der Waals surface area contributed by atoms with Crippen LogP contribution in [0.25, 0.3) is 0 Å². The van der Waals surface area contributed by atoms with Crippen molar-refractivity contribution < 1.29 is 5.11 Å². The number of hydrogen-bond donors (Lipinski definition) is 2. The smallest absolute Gasteiger partial charge is 0.110 e. The van der Waals surface area contributed by atoms with Crippen LogP contribution in [-0.2, 0) is 12.8 Å². The maximum absolute atomic E-state index is 8.72. The zero-order valence-corrected chi connectivity index (χ0v) is 9.88. The highest BCUT2D eigenvalue weighted by Gasteiger charge is 2.07. The fourth-order valence-electron chi connectivity index (χ4n) is 1.51. The maximum atomic E-state index is 8.72. The predicted molar refractivity (Wildman–Crippen MR) is 63.8 cm³/mol. The second-order valence-corrected chi connectivity index (χ2v) is 4.43. The fraction of sp³-hybridized carbons (Fsp3) is 0.538. The van der Waals surface area contributed by atoms with Crippen LogP contribution in [-0.4, -0.2) is 17.9 Å². The molecule has 0 unspecified atom stereocenters. The third kappa shape index (κ3) is 4.45. The number of aliphatic hydroxyl groups is 1. The molecular formula is C13H21NO. The first-order valence-electron chi connectivity index (χ1n) is 5.51. The quantitative estimate of drug-likeness (QED) is 0.691. The molecule has 0 atom stereocenters. The Hall–Kier alpha value is -0.860. The lowest BCUT2D eigenvalue weighted by Gasteiger charge is -2.13. The monoisotopic (exact) mass is 207 g/mol. The van der Waals surface area contributed by atoms with Crippen molar-refractivity contribution in [2.45, 2.75) is 38.8 Å². The van der Waals surface area contributed by atoms with E-state index in [-0.39, 0.29) is 0 Å². The minimum Gasteiger partial charge on any atom is -0.376 e. The first-order valence-corrected chi connectivity index (χ1v) is 5.51. The van der Waals surface area contributed by atoms with Gasteiger partial charge in [0.2, 0.25) is 0 Å². The zero-order chi connectivity index (χ0) is 11.3. The largest absolute Gasteiger partial charge is 0.376 e. The Morgan fingerprint density at radius 1 is 1.13 bits per heavy atom. The third-order valence-corrected chi connectivity index (χ3v) is 2.62. The lowest BCUT2D eigenvalue weighted by molar-refractivity contribution is 0.0522. The molecule has 0 saturated carbocycles. The summed E-state index contributed by atoms with van der Waals surface area (Å²) in [5.41, 5.74) is 2.43. The summed E-state index contributed by atoms with van der Waals surface area (Å²) in [5, 5.41) is 11.4. The molecule has 2 heteroatoms. The highest BCUT2D eigenvalue weighted by Crippen LogP contribution is 2.20. The summed E-state index contributed by atoms with van der Waals surface area (Å²) in [5.74, 6) is 0. The Kier molecular flexibility index (Phi) is 4.30. The molecule has 0 saturated heterocycles. The van der Waals surface area contributed by atoms with E-state index in [1.54, 1.807) is 32.0 Å². The summed E-state index contributed by atoms with van der Waals surface area (Å²) in [7, 11) is 1.71. The molecule has 0 aromatic heterocycles. The molecular weight excluding hydrogens is 186 g/mol. The van der Waals surface area contributed by atoms with Gasteiger partial charge in [0.25, 0.3) is 0 Å². The van der Waals surface area contributed by atoms with E-state index in [9.17, 15) is 0 Å². The Morgan fingerprint density at radius 3 is 1.87 bits per heavy atom. The number of fused-ring (bicyclic) bond motifs is 1. The fourth-order valence-corrected chi connectivity index (χ4v) is 1.51. The molecule has 0 heterocycles. The van der Waals surface area contributed by atoms with Crippen LogP contribution in [0.15, 0.2) is 24.3 Å². The van der Waals surface area contributed by atoms with E-state index in [0.717, 1.165) is 0 Å². The Balaban J connectivity index is 0.000000167. The van der Waals surface area contributed by atoms with Crippen molar-refractivity contribution in [3.63, 3.8) is 0 Å². The highest BCUT2D eigenvalue weighted by atomic mass is 16.3. The molecule has 2 N–H and O–H groups in total. The van der Waals surface area contributed by atoms with Crippen LogP contribution in [0.3, 0.4) is 0 Å². The molecule has 2 rings (SSSR count). The summed E-state index contributed by atoms with van der Waals surface area (Å²) in [6.07, 6.45) is 3.96. The van der Waals surface area contributed by atoms with Crippen LogP contribution in [0, 0.1) is 0 Å². The van der Waals surface area contributed by atoms with Gasteiger partial charge in [-0.1, -0.05) is 24.3 Å². The van der Waals surface area contributed by atoms with E-state index in [1.807, 2.05) is 0 Å². The number of aryl methyl sites for hydroxylation is 2. The van der Waals surface area contributed by atoms with Gasteiger partial charge in [0, 0.05) is 0 Å². The maximum Gasteiger partial charge on any atom is 0.110 e. The summed E-state index contributed by atoms with van der Waals surface area (Å²) in [6.45, 7) is 3.38. The third-order valence-electron chi connectivity index (χ3n) is 2.62. The van der Waals surface area contributed by atoms with E-state index in [2.05, 4.69) is 29.6 Å². The summed E-state index contributed by atoms with van der Waals surface area (Å²) < 4.78 is 0. The van der Waals surface area contributed by atoms with Gasteiger partial charge in [-0.3, -0.25) is 5.32 Å². The number of nitrogens with one attached hydrogen (secondary N) is 1. The van der Waals surface area contributed by atoms with Crippen molar-refractivity contribution >= 4 is 0 Å². The van der Waals surface area contributed by atoms with E-state index >= 15 is 0 Å². The molecule has 2 nitrogen and oxygen atoms in total. The van der Waals surface area contributed by atoms with E-state index in [0.29, 0.717) is 0 Å². The minimum absolute atomic E-state index is 0.708. The number of benzene rings is 1. The van der Waals surface area contributed by atoms with Gasteiger partial charge in [0.1, 0.15) is 5.72 Å². The molecule has 1 aliphatic carbocycles. The van der Waals surface area contributed by atoms with Gasteiger partial charge in [-0.25, -0.2) is 0 Å². The first kappa shape index (κ1) is 12.2. The zero-order valence-electron chi connectivity index (χ0n) is 9.88. The van der Waals surface area contributed by atoms with Crippen LogP contribution < -0.4 is 5.32 Å². The number of hydrogen-bond acceptors (Lipinski definition) is 2. The molecule has 0 aliphatic heterocycles. The standard InChI is InChI=1S/C9H10.C4H11NO/c1-2-5-9-7-3-6-8(9)4-1;1-4(2,6)5-3/h1-2,4-5H,3,6-7H2;5-6H,1-3H3. The molecule has 0 amide bonds. The summed E-state index contributed by atoms with van der Waals surface area (Å²) >= 11 is 0. The summed E-state index contributed by atoms with van der Waals surface area (Å²) in [4.78, 5) is 0. The first-order chi connectivity index (χ1) is 7.03. The lowest BCUT2D eigenvalue weighted by atomic mass is 10.1. The van der Waals surface area contributed by atoms with Gasteiger partial charge in [0.05, 0.1) is 0 Å². The molecule has 0 bridgehead atoms. The molecule has 0 radical (unpaired) electrons. The van der Waals surface area contributed by atoms with E-state index < -0.39 is 5.72 Å². The van der Waals surface area contributed by atoms with Gasteiger partial charge in [-0.15, -0.1) is 0 Å². The van der Waals surface area contributed by atoms with Crippen LogP contribution in [0.1, 0.15) is 31.4 Å². The predicted octanol–water partition coefficient (Wildman–Crippen LogP) is 2.11. The van der Waals surface area contributed by atoms with E-state index in [1.165, 1.54) is 19.3 Å². The van der Waals surface area contributed by atoms with Crippen LogP contribution >= 0.6 is 0 Å². The Labute approximate surface area is 92.3 Å². The molecule has 0 fully saturated rings. The van der Waals surface area contributed by atoms with Crippen molar-refractivity contribution in [2.75, 3.05) is 7.05 Å². The Bertz CT molecular complexity index is 279. The van der Waals surface area contributed by atoms with Crippen molar-refractivity contribution in [2.24, 2.45) is 0 Å². The lowest BCUT2D eigenvalue weighted by Crippen LogP contribution is -2.35. The normalized spacial score (nSPS) is 14.1. The van der Waals surface area contributed by atoms with E-state index in [4.69, 9.17) is 5.11 Å². The van der Waals surface area contributed by atoms with Crippen LogP contribution in [0.5, 0.6) is 0 Å². The van der Waals surface area contributed by atoms with Crippen molar-refractivity contribution in [3.8, 4) is 0 Å². The van der Waals surface area contributed by atoms with Gasteiger partial charge in [-0.2, -0.15) is 0 Å². The average molecular weight is 207 g/mol. The molecule has 1 aliphatic rings. The van der Waals surface area contributed by atoms with Crippen molar-refractivity contribution in [1.82, 2.24) is 5.32 Å². The summed E-state index contributed by atoms with van der Waals surface area (Å²) in [6, 6.07) is 8.74.